The summed E-state index contributed by atoms with van der Waals surface area (Å²) in [5, 5.41) is 26.6. The maximum atomic E-state index is 13.1. The number of benzene rings is 3. The topological polar surface area (TPSA) is 101 Å². The third-order valence-electron chi connectivity index (χ3n) is 5.68. The van der Waals surface area contributed by atoms with E-state index in [-0.39, 0.29) is 5.82 Å². The Morgan fingerprint density at radius 1 is 0.735 bits per heavy atom. The summed E-state index contributed by atoms with van der Waals surface area (Å²) < 4.78 is 13.1. The largest absolute Gasteiger partial charge is 0.473 e. The smallest absolute Gasteiger partial charge is 0.414 e. The van der Waals surface area contributed by atoms with Gasteiger partial charge in [0.1, 0.15) is 5.82 Å². The number of piperazine rings is 1. The highest BCUT2D eigenvalue weighted by atomic mass is 19.1. The van der Waals surface area contributed by atoms with Crippen LogP contribution in [0.25, 0.3) is 0 Å². The maximum Gasteiger partial charge on any atom is 0.414 e. The fourth-order valence-electron chi connectivity index (χ4n) is 3.95. The molecule has 0 radical (unpaired) electrons. The van der Waals surface area contributed by atoms with Crippen molar-refractivity contribution in [1.29, 1.82) is 0 Å². The van der Waals surface area contributed by atoms with E-state index in [0.717, 1.165) is 49.4 Å². The van der Waals surface area contributed by atoms with E-state index in [1.807, 2.05) is 72.8 Å². The summed E-state index contributed by atoms with van der Waals surface area (Å²) in [6.45, 7) is 3.99. The molecule has 1 aliphatic heterocycles. The lowest BCUT2D eigenvalue weighted by Crippen LogP contribution is -2.55. The number of aliphatic hydroxyl groups is 1. The Labute approximate surface area is 197 Å². The molecule has 34 heavy (non-hydrogen) atoms. The Balaban J connectivity index is 0.000000481. The molecule has 0 saturated carbocycles. The van der Waals surface area contributed by atoms with Crippen molar-refractivity contribution in [3.05, 3.63) is 107 Å². The molecular formula is C26H27FN2O5. The molecule has 7 nitrogen and oxygen atoms in total. The third kappa shape index (κ3) is 6.26. The van der Waals surface area contributed by atoms with Gasteiger partial charge in [0.2, 0.25) is 0 Å². The summed E-state index contributed by atoms with van der Waals surface area (Å²) in [4.78, 5) is 22.7. The lowest BCUT2D eigenvalue weighted by Gasteiger charge is -2.45. The van der Waals surface area contributed by atoms with Gasteiger partial charge >= 0.3 is 11.9 Å². The quantitative estimate of drug-likeness (QED) is 0.497. The normalized spacial score (nSPS) is 14.6. The number of nitrogens with zero attached hydrogens (tertiary/aromatic N) is 2. The average Bonchev–Trinajstić information content (AvgIpc) is 2.87. The van der Waals surface area contributed by atoms with Gasteiger partial charge in [-0.3, -0.25) is 9.80 Å². The fraction of sp³-hybridized carbons (Fsp3) is 0.231. The van der Waals surface area contributed by atoms with Gasteiger partial charge in [-0.25, -0.2) is 14.0 Å². The van der Waals surface area contributed by atoms with Crippen molar-refractivity contribution in [3.8, 4) is 0 Å². The van der Waals surface area contributed by atoms with Gasteiger partial charge in [-0.15, -0.1) is 0 Å². The van der Waals surface area contributed by atoms with Gasteiger partial charge in [0.05, 0.1) is 0 Å². The van der Waals surface area contributed by atoms with Crippen LogP contribution in [0.1, 0.15) is 16.7 Å². The summed E-state index contributed by atoms with van der Waals surface area (Å²) in [6, 6.07) is 26.4. The van der Waals surface area contributed by atoms with Crippen molar-refractivity contribution >= 4 is 11.9 Å². The minimum absolute atomic E-state index is 0.204. The molecule has 4 rings (SSSR count). The highest BCUT2D eigenvalue weighted by Gasteiger charge is 2.39. The first-order valence-corrected chi connectivity index (χ1v) is 10.8. The van der Waals surface area contributed by atoms with Crippen molar-refractivity contribution in [1.82, 2.24) is 9.80 Å². The van der Waals surface area contributed by atoms with Crippen molar-refractivity contribution in [2.75, 3.05) is 26.2 Å². The predicted molar refractivity (Wildman–Crippen MR) is 124 cm³/mol. The lowest BCUT2D eigenvalue weighted by molar-refractivity contribution is -0.159. The molecular weight excluding hydrogens is 439 g/mol. The van der Waals surface area contributed by atoms with E-state index in [0.29, 0.717) is 0 Å². The Bertz CT molecular complexity index is 1020. The zero-order valence-corrected chi connectivity index (χ0v) is 18.5. The highest BCUT2D eigenvalue weighted by molar-refractivity contribution is 6.27. The first kappa shape index (κ1) is 25.0. The number of carbonyl (C=O) groups is 2. The van der Waals surface area contributed by atoms with Gasteiger partial charge in [0, 0.05) is 43.9 Å². The Morgan fingerprint density at radius 2 is 1.18 bits per heavy atom. The second-order valence-electron chi connectivity index (χ2n) is 7.90. The molecule has 0 unspecified atom stereocenters. The van der Waals surface area contributed by atoms with Crippen LogP contribution in [-0.2, 0) is 21.9 Å². The average molecular weight is 467 g/mol. The molecule has 1 saturated heterocycles. The fourth-order valence-corrected chi connectivity index (χ4v) is 3.95. The highest BCUT2D eigenvalue weighted by Crippen LogP contribution is 2.34. The Kier molecular flexibility index (Phi) is 8.48. The molecule has 1 fully saturated rings. The first-order chi connectivity index (χ1) is 16.3. The van der Waals surface area contributed by atoms with Crippen LogP contribution in [0.15, 0.2) is 84.9 Å². The molecule has 3 N–H and O–H groups in total. The number of rotatable bonds is 5. The molecule has 8 heteroatoms. The molecule has 0 amide bonds. The van der Waals surface area contributed by atoms with Crippen LogP contribution in [0.4, 0.5) is 4.39 Å². The number of halogens is 1. The minimum Gasteiger partial charge on any atom is -0.473 e. The first-order valence-electron chi connectivity index (χ1n) is 10.8. The summed E-state index contributed by atoms with van der Waals surface area (Å²) >= 11 is 0. The summed E-state index contributed by atoms with van der Waals surface area (Å²) in [5.74, 6) is -3.85. The van der Waals surface area contributed by atoms with Gasteiger partial charge in [0.25, 0.3) is 0 Å². The third-order valence-corrected chi connectivity index (χ3v) is 5.68. The van der Waals surface area contributed by atoms with E-state index in [1.165, 1.54) is 12.1 Å². The van der Waals surface area contributed by atoms with E-state index in [2.05, 4.69) is 9.80 Å². The minimum atomic E-state index is -1.82. The number of carboxylic acid groups (broad SMARTS) is 2. The van der Waals surface area contributed by atoms with Crippen molar-refractivity contribution < 1.29 is 29.3 Å². The second-order valence-corrected chi connectivity index (χ2v) is 7.90. The van der Waals surface area contributed by atoms with Crippen LogP contribution < -0.4 is 0 Å². The number of hydrogen-bond donors (Lipinski definition) is 3. The zero-order chi connectivity index (χ0) is 24.6. The van der Waals surface area contributed by atoms with Crippen LogP contribution in [0.3, 0.4) is 0 Å². The Morgan fingerprint density at radius 3 is 1.59 bits per heavy atom. The van der Waals surface area contributed by atoms with Crippen molar-refractivity contribution in [2.45, 2.75) is 12.3 Å². The second kappa shape index (κ2) is 11.5. The SMILES string of the molecule is O=C(O)C(=O)O.OC(c1ccccc1)(c1ccccc1)N1CCN(Cc2ccc(F)cc2)CC1. The summed E-state index contributed by atoms with van der Waals surface area (Å²) in [7, 11) is 0. The van der Waals surface area contributed by atoms with E-state index in [4.69, 9.17) is 19.8 Å². The standard InChI is InChI=1S/C24H25FN2O.C2H2O4/c25-23-13-11-20(12-14-23)19-26-15-17-27(18-16-26)24(28,21-7-3-1-4-8-21)22-9-5-2-6-10-22;3-1(4)2(5)6/h1-14,28H,15-19H2;(H,3,4)(H,5,6). The molecule has 0 bridgehead atoms. The molecule has 0 aliphatic carbocycles. The Hall–Kier alpha value is -3.59. The molecule has 178 valence electrons. The molecule has 0 atom stereocenters. The molecule has 1 aliphatic rings. The van der Waals surface area contributed by atoms with Gasteiger partial charge in [-0.2, -0.15) is 0 Å². The number of aliphatic carboxylic acids is 2. The predicted octanol–water partition coefficient (Wildman–Crippen LogP) is 2.99. The van der Waals surface area contributed by atoms with Crippen molar-refractivity contribution in [2.24, 2.45) is 0 Å². The van der Waals surface area contributed by atoms with Gasteiger partial charge in [-0.05, 0) is 17.7 Å². The molecule has 1 heterocycles. The molecule has 3 aromatic rings. The van der Waals surface area contributed by atoms with Gasteiger partial charge in [0.15, 0.2) is 5.72 Å². The van der Waals surface area contributed by atoms with E-state index in [1.54, 1.807) is 0 Å². The van der Waals surface area contributed by atoms with Crippen LogP contribution >= 0.6 is 0 Å². The van der Waals surface area contributed by atoms with Gasteiger partial charge < -0.3 is 15.3 Å². The molecule has 0 spiro atoms. The summed E-state index contributed by atoms with van der Waals surface area (Å²) in [6.07, 6.45) is 0. The monoisotopic (exact) mass is 466 g/mol. The number of carboxylic acids is 2. The van der Waals surface area contributed by atoms with Gasteiger partial charge in [-0.1, -0.05) is 72.8 Å². The van der Waals surface area contributed by atoms with E-state index < -0.39 is 17.7 Å². The maximum absolute atomic E-state index is 13.1. The van der Waals surface area contributed by atoms with Crippen LogP contribution in [0.2, 0.25) is 0 Å². The zero-order valence-electron chi connectivity index (χ0n) is 18.5. The van der Waals surface area contributed by atoms with Crippen LogP contribution in [-0.4, -0.2) is 63.2 Å². The molecule has 0 aromatic heterocycles. The van der Waals surface area contributed by atoms with E-state index in [9.17, 15) is 9.50 Å². The summed E-state index contributed by atoms with van der Waals surface area (Å²) in [5.41, 5.74) is 1.72. The molecule has 3 aromatic carbocycles. The number of hydrogen-bond acceptors (Lipinski definition) is 5. The van der Waals surface area contributed by atoms with Crippen LogP contribution in [0.5, 0.6) is 0 Å². The van der Waals surface area contributed by atoms with E-state index >= 15 is 0 Å². The van der Waals surface area contributed by atoms with Crippen molar-refractivity contribution in [3.63, 3.8) is 0 Å². The van der Waals surface area contributed by atoms with Crippen LogP contribution in [0, 0.1) is 5.82 Å². The lowest BCUT2D eigenvalue weighted by atomic mass is 9.92.